The van der Waals surface area contributed by atoms with Gasteiger partial charge in [0.15, 0.2) is 0 Å². The van der Waals surface area contributed by atoms with Crippen LogP contribution in [0, 0.1) is 10.1 Å². The van der Waals surface area contributed by atoms with Crippen LogP contribution >= 0.6 is 0 Å². The fourth-order valence-corrected chi connectivity index (χ4v) is 3.51. The lowest BCUT2D eigenvalue weighted by molar-refractivity contribution is -0.384. The molecule has 1 aromatic heterocycles. The van der Waals surface area contributed by atoms with E-state index in [1.165, 1.54) is 0 Å². The van der Waals surface area contributed by atoms with Crippen molar-refractivity contribution in [1.29, 1.82) is 0 Å². The Morgan fingerprint density at radius 2 is 1.57 bits per heavy atom. The Hall–Kier alpha value is -3.10. The van der Waals surface area contributed by atoms with Gasteiger partial charge in [-0.1, -0.05) is 24.3 Å². The van der Waals surface area contributed by atoms with Crippen molar-refractivity contribution in [2.45, 2.75) is 13.1 Å². The van der Waals surface area contributed by atoms with Gasteiger partial charge >= 0.3 is 0 Å². The van der Waals surface area contributed by atoms with Gasteiger partial charge < -0.3 is 5.73 Å². The summed E-state index contributed by atoms with van der Waals surface area (Å²) in [6, 6.07) is 14.6. The van der Waals surface area contributed by atoms with Gasteiger partial charge in [-0.2, -0.15) is 0 Å². The molecule has 8 heteroatoms. The number of rotatable bonds is 5. The van der Waals surface area contributed by atoms with E-state index in [0.717, 1.165) is 55.0 Å². The van der Waals surface area contributed by atoms with Crippen LogP contribution in [-0.4, -0.2) is 50.9 Å². The Balaban J connectivity index is 1.33. The van der Waals surface area contributed by atoms with Crippen LogP contribution in [0.1, 0.15) is 11.4 Å². The SMILES string of the molecule is Nc1nc(CN2CCN(Cc3ccc([N+](=O)[O-])cc3)CC2)nc2ccccc12. The van der Waals surface area contributed by atoms with E-state index in [0.29, 0.717) is 12.4 Å². The summed E-state index contributed by atoms with van der Waals surface area (Å²) < 4.78 is 0. The Kier molecular flexibility index (Phi) is 5.14. The Morgan fingerprint density at radius 3 is 2.25 bits per heavy atom. The number of nitro groups is 1. The molecule has 0 amide bonds. The van der Waals surface area contributed by atoms with E-state index in [9.17, 15) is 10.1 Å². The number of nitrogen functional groups attached to an aromatic ring is 1. The summed E-state index contributed by atoms with van der Waals surface area (Å²) in [5.41, 5.74) is 8.17. The first kappa shape index (κ1) is 18.3. The molecular weight excluding hydrogens is 356 g/mol. The number of nitro benzene ring substituents is 1. The molecule has 0 radical (unpaired) electrons. The van der Waals surface area contributed by atoms with Gasteiger partial charge in [-0.15, -0.1) is 0 Å². The van der Waals surface area contributed by atoms with Crippen LogP contribution in [0.3, 0.4) is 0 Å². The minimum absolute atomic E-state index is 0.128. The number of nitrogens with zero attached hydrogens (tertiary/aromatic N) is 5. The molecule has 0 saturated carbocycles. The van der Waals surface area contributed by atoms with Gasteiger partial charge in [-0.05, 0) is 17.7 Å². The Bertz CT molecular complexity index is 984. The second-order valence-electron chi connectivity index (χ2n) is 7.02. The molecule has 1 saturated heterocycles. The lowest BCUT2D eigenvalue weighted by Gasteiger charge is -2.34. The molecule has 144 valence electrons. The van der Waals surface area contributed by atoms with Crippen molar-refractivity contribution in [1.82, 2.24) is 19.8 Å². The largest absolute Gasteiger partial charge is 0.383 e. The fraction of sp³-hybridized carbons (Fsp3) is 0.300. The third-order valence-electron chi connectivity index (χ3n) is 5.06. The zero-order chi connectivity index (χ0) is 19.5. The number of para-hydroxylation sites is 1. The zero-order valence-corrected chi connectivity index (χ0v) is 15.5. The molecule has 3 aromatic rings. The molecule has 0 unspecified atom stereocenters. The summed E-state index contributed by atoms with van der Waals surface area (Å²) in [5, 5.41) is 11.6. The van der Waals surface area contributed by atoms with Crippen LogP contribution in [0.4, 0.5) is 11.5 Å². The molecule has 2 aromatic carbocycles. The van der Waals surface area contributed by atoms with E-state index >= 15 is 0 Å². The highest BCUT2D eigenvalue weighted by molar-refractivity contribution is 5.87. The van der Waals surface area contributed by atoms with Gasteiger partial charge in [0.25, 0.3) is 5.69 Å². The van der Waals surface area contributed by atoms with Crippen molar-refractivity contribution < 1.29 is 4.92 Å². The number of fused-ring (bicyclic) bond motifs is 1. The smallest absolute Gasteiger partial charge is 0.269 e. The van der Waals surface area contributed by atoms with Crippen molar-refractivity contribution in [2.75, 3.05) is 31.9 Å². The van der Waals surface area contributed by atoms with Crippen LogP contribution in [-0.2, 0) is 13.1 Å². The third kappa shape index (κ3) is 4.08. The van der Waals surface area contributed by atoms with Crippen molar-refractivity contribution in [3.05, 3.63) is 70.0 Å². The van der Waals surface area contributed by atoms with Crippen molar-refractivity contribution >= 4 is 22.4 Å². The minimum atomic E-state index is -0.371. The summed E-state index contributed by atoms with van der Waals surface area (Å²) in [6.07, 6.45) is 0. The second-order valence-corrected chi connectivity index (χ2v) is 7.02. The quantitative estimate of drug-likeness (QED) is 0.537. The van der Waals surface area contributed by atoms with Crippen molar-refractivity contribution in [3.63, 3.8) is 0 Å². The molecule has 1 aliphatic rings. The molecule has 0 bridgehead atoms. The van der Waals surface area contributed by atoms with Gasteiger partial charge in [0.2, 0.25) is 0 Å². The topological polar surface area (TPSA) is 101 Å². The van der Waals surface area contributed by atoms with Crippen LogP contribution in [0.5, 0.6) is 0 Å². The van der Waals surface area contributed by atoms with E-state index in [1.54, 1.807) is 12.1 Å². The number of non-ortho nitro benzene ring substituents is 1. The normalized spacial score (nSPS) is 15.7. The summed E-state index contributed by atoms with van der Waals surface area (Å²) in [5.74, 6) is 1.28. The molecule has 0 aliphatic carbocycles. The number of hydrogen-bond donors (Lipinski definition) is 1. The van der Waals surface area contributed by atoms with Gasteiger partial charge in [0.1, 0.15) is 11.6 Å². The van der Waals surface area contributed by atoms with Crippen molar-refractivity contribution in [3.8, 4) is 0 Å². The number of aromatic nitrogens is 2. The molecule has 0 spiro atoms. The molecule has 4 rings (SSSR count). The molecule has 0 atom stereocenters. The molecule has 2 heterocycles. The standard InChI is InChI=1S/C20H22N6O2/c21-20-17-3-1-2-4-18(17)22-19(23-20)14-25-11-9-24(10-12-25)13-15-5-7-16(8-6-15)26(27)28/h1-8H,9-14H2,(H2,21,22,23). The van der Waals surface area contributed by atoms with Crippen LogP contribution in [0.15, 0.2) is 48.5 Å². The Morgan fingerprint density at radius 1 is 0.929 bits per heavy atom. The number of piperazine rings is 1. The molecule has 8 nitrogen and oxygen atoms in total. The summed E-state index contributed by atoms with van der Waals surface area (Å²) >= 11 is 0. The molecular formula is C20H22N6O2. The number of benzene rings is 2. The average Bonchev–Trinajstić information content (AvgIpc) is 2.70. The van der Waals surface area contributed by atoms with Crippen LogP contribution in [0.25, 0.3) is 10.9 Å². The van der Waals surface area contributed by atoms with Crippen LogP contribution in [0.2, 0.25) is 0 Å². The van der Waals surface area contributed by atoms with Gasteiger partial charge in [-0.25, -0.2) is 9.97 Å². The summed E-state index contributed by atoms with van der Waals surface area (Å²) in [6.45, 7) is 5.18. The van der Waals surface area contributed by atoms with Crippen molar-refractivity contribution in [2.24, 2.45) is 0 Å². The van der Waals surface area contributed by atoms with E-state index in [1.807, 2.05) is 36.4 Å². The molecule has 1 fully saturated rings. The van der Waals surface area contributed by atoms with E-state index in [-0.39, 0.29) is 10.6 Å². The van der Waals surface area contributed by atoms with Gasteiger partial charge in [0.05, 0.1) is 17.0 Å². The first-order valence-electron chi connectivity index (χ1n) is 9.28. The Labute approximate surface area is 162 Å². The lowest BCUT2D eigenvalue weighted by Crippen LogP contribution is -2.45. The van der Waals surface area contributed by atoms with Crippen LogP contribution < -0.4 is 5.73 Å². The van der Waals surface area contributed by atoms with Gasteiger partial charge in [-0.3, -0.25) is 19.9 Å². The highest BCUT2D eigenvalue weighted by Gasteiger charge is 2.19. The molecule has 28 heavy (non-hydrogen) atoms. The minimum Gasteiger partial charge on any atom is -0.383 e. The fourth-order valence-electron chi connectivity index (χ4n) is 3.51. The summed E-state index contributed by atoms with van der Waals surface area (Å²) in [4.78, 5) is 24.2. The average molecular weight is 378 g/mol. The monoisotopic (exact) mass is 378 g/mol. The maximum atomic E-state index is 10.8. The highest BCUT2D eigenvalue weighted by Crippen LogP contribution is 2.19. The maximum Gasteiger partial charge on any atom is 0.269 e. The molecule has 2 N–H and O–H groups in total. The van der Waals surface area contributed by atoms with E-state index < -0.39 is 0 Å². The predicted octanol–water partition coefficient (Wildman–Crippen LogP) is 2.44. The number of hydrogen-bond acceptors (Lipinski definition) is 7. The first-order valence-corrected chi connectivity index (χ1v) is 9.28. The predicted molar refractivity (Wildman–Crippen MR) is 108 cm³/mol. The zero-order valence-electron chi connectivity index (χ0n) is 15.5. The van der Waals surface area contributed by atoms with Gasteiger partial charge in [0, 0.05) is 50.2 Å². The second kappa shape index (κ2) is 7.87. The summed E-state index contributed by atoms with van der Waals surface area (Å²) in [7, 11) is 0. The number of anilines is 1. The van der Waals surface area contributed by atoms with E-state index in [4.69, 9.17) is 5.73 Å². The molecule has 1 aliphatic heterocycles. The lowest BCUT2D eigenvalue weighted by atomic mass is 10.2. The highest BCUT2D eigenvalue weighted by atomic mass is 16.6. The number of nitrogens with two attached hydrogens (primary N) is 1. The maximum absolute atomic E-state index is 10.8. The first-order chi connectivity index (χ1) is 13.6. The third-order valence-corrected chi connectivity index (χ3v) is 5.06. The van der Waals surface area contributed by atoms with E-state index in [2.05, 4.69) is 19.8 Å².